The number of halogens is 1. The lowest BCUT2D eigenvalue weighted by Crippen LogP contribution is -2.11. The summed E-state index contributed by atoms with van der Waals surface area (Å²) >= 11 is 5.72. The zero-order valence-corrected chi connectivity index (χ0v) is 10.9. The normalized spacial score (nSPS) is 9.85. The van der Waals surface area contributed by atoms with Gasteiger partial charge in [-0.15, -0.1) is 0 Å². The van der Waals surface area contributed by atoms with Crippen LogP contribution in [0.3, 0.4) is 0 Å². The van der Waals surface area contributed by atoms with Crippen LogP contribution in [0.4, 0.5) is 0 Å². The van der Waals surface area contributed by atoms with Crippen LogP contribution < -0.4 is 0 Å². The zero-order chi connectivity index (χ0) is 14.4. The Morgan fingerprint density at radius 3 is 2.05 bits per heavy atom. The summed E-state index contributed by atoms with van der Waals surface area (Å²) in [5.74, 6) is -1.60. The van der Waals surface area contributed by atoms with Crippen molar-refractivity contribution in [2.75, 3.05) is 0 Å². The van der Waals surface area contributed by atoms with Crippen LogP contribution in [0.5, 0.6) is 0 Å². The van der Waals surface area contributed by atoms with E-state index in [0.717, 1.165) is 0 Å². The monoisotopic (exact) mass is 292 g/mol. The topological polar surface area (TPSA) is 61.8 Å². The first kappa shape index (κ1) is 14.0. The molecule has 0 fully saturated rings. The molecule has 0 N–H and O–H groups in total. The van der Waals surface area contributed by atoms with Crippen LogP contribution >= 0.6 is 11.6 Å². The molecule has 102 valence electrons. The molecule has 0 aliphatic rings. The van der Waals surface area contributed by atoms with Crippen molar-refractivity contribution in [2.45, 2.75) is 0 Å². The van der Waals surface area contributed by atoms with Gasteiger partial charge in [0.05, 0.1) is 11.1 Å². The molecule has 0 atom stereocenters. The van der Waals surface area contributed by atoms with Crippen LogP contribution in [-0.4, -0.2) is 11.9 Å². The predicted octanol–water partition coefficient (Wildman–Crippen LogP) is 3.20. The average molecular weight is 293 g/mol. The Morgan fingerprint density at radius 1 is 0.800 bits per heavy atom. The summed E-state index contributed by atoms with van der Waals surface area (Å²) in [6.07, 6.45) is 0. The standard InChI is InChI=1S/C14H9ClO5/c15-12-8-4-7-11(9-12)14(17)19-20-18-13(16)10-5-2-1-3-6-10/h1-9H. The Labute approximate surface area is 119 Å². The van der Waals surface area contributed by atoms with Gasteiger partial charge in [0, 0.05) is 10.1 Å². The van der Waals surface area contributed by atoms with E-state index < -0.39 is 11.9 Å². The van der Waals surface area contributed by atoms with Crippen molar-refractivity contribution in [1.82, 2.24) is 0 Å². The highest BCUT2D eigenvalue weighted by atomic mass is 35.5. The Morgan fingerprint density at radius 2 is 1.40 bits per heavy atom. The van der Waals surface area contributed by atoms with Gasteiger partial charge in [-0.3, -0.25) is 9.78 Å². The Kier molecular flexibility index (Phi) is 4.70. The van der Waals surface area contributed by atoms with Gasteiger partial charge in [-0.2, -0.15) is 0 Å². The molecule has 20 heavy (non-hydrogen) atoms. The average Bonchev–Trinajstić information content (AvgIpc) is 2.48. The van der Waals surface area contributed by atoms with E-state index in [1.807, 2.05) is 0 Å². The summed E-state index contributed by atoms with van der Waals surface area (Å²) in [6.45, 7) is 0. The number of hydrogen-bond acceptors (Lipinski definition) is 5. The van der Waals surface area contributed by atoms with Crippen LogP contribution in [0.25, 0.3) is 0 Å². The largest absolute Gasteiger partial charge is 0.377 e. The Balaban J connectivity index is 1.84. The second kappa shape index (κ2) is 6.70. The van der Waals surface area contributed by atoms with Crippen molar-refractivity contribution in [2.24, 2.45) is 0 Å². The second-order valence-electron chi connectivity index (χ2n) is 3.69. The SMILES string of the molecule is O=C(OOOC(=O)c1cccc(Cl)c1)c1ccccc1. The van der Waals surface area contributed by atoms with Gasteiger partial charge in [0.25, 0.3) is 0 Å². The maximum Gasteiger partial charge on any atom is 0.377 e. The lowest BCUT2D eigenvalue weighted by molar-refractivity contribution is -0.446. The molecule has 0 radical (unpaired) electrons. The van der Waals surface area contributed by atoms with Crippen LogP contribution in [-0.2, 0) is 14.8 Å². The fourth-order valence-electron chi connectivity index (χ4n) is 1.36. The molecule has 0 bridgehead atoms. The molecule has 0 aliphatic carbocycles. The van der Waals surface area contributed by atoms with E-state index >= 15 is 0 Å². The summed E-state index contributed by atoms with van der Waals surface area (Å²) < 4.78 is 0. The molecule has 2 rings (SSSR count). The van der Waals surface area contributed by atoms with Crippen LogP contribution in [0.2, 0.25) is 5.02 Å². The molecule has 0 aliphatic heterocycles. The smallest absolute Gasteiger partial charge is 0.254 e. The number of carbonyl (C=O) groups is 2. The number of rotatable bonds is 4. The van der Waals surface area contributed by atoms with Gasteiger partial charge in [0.1, 0.15) is 0 Å². The Bertz CT molecular complexity index is 612. The highest BCUT2D eigenvalue weighted by molar-refractivity contribution is 6.30. The van der Waals surface area contributed by atoms with Crippen molar-refractivity contribution < 1.29 is 24.4 Å². The molecule has 0 heterocycles. The maximum absolute atomic E-state index is 11.5. The van der Waals surface area contributed by atoms with E-state index in [-0.39, 0.29) is 11.1 Å². The van der Waals surface area contributed by atoms with E-state index in [4.69, 9.17) is 11.6 Å². The lowest BCUT2D eigenvalue weighted by Gasteiger charge is -2.02. The van der Waals surface area contributed by atoms with Crippen LogP contribution in [0, 0.1) is 0 Å². The van der Waals surface area contributed by atoms with Crippen molar-refractivity contribution >= 4 is 23.5 Å². The minimum absolute atomic E-state index is 0.174. The van der Waals surface area contributed by atoms with Crippen molar-refractivity contribution in [3.8, 4) is 0 Å². The molecule has 0 amide bonds. The van der Waals surface area contributed by atoms with Crippen LogP contribution in [0.15, 0.2) is 54.6 Å². The van der Waals surface area contributed by atoms with Gasteiger partial charge in [0.15, 0.2) is 0 Å². The first-order valence-electron chi connectivity index (χ1n) is 5.57. The third-order valence-electron chi connectivity index (χ3n) is 2.29. The van der Waals surface area contributed by atoms with Gasteiger partial charge < -0.3 is 0 Å². The maximum atomic E-state index is 11.5. The van der Waals surface area contributed by atoms with E-state index in [1.165, 1.54) is 24.3 Å². The second-order valence-corrected chi connectivity index (χ2v) is 4.12. The van der Waals surface area contributed by atoms with Gasteiger partial charge in [-0.1, -0.05) is 35.9 Å². The van der Waals surface area contributed by atoms with Crippen molar-refractivity contribution in [1.29, 1.82) is 0 Å². The molecular formula is C14H9ClO5. The number of hydrogen-bond donors (Lipinski definition) is 0. The van der Waals surface area contributed by atoms with Gasteiger partial charge in [-0.25, -0.2) is 9.59 Å². The zero-order valence-electron chi connectivity index (χ0n) is 10.1. The number of benzene rings is 2. The highest BCUT2D eigenvalue weighted by Crippen LogP contribution is 2.12. The minimum atomic E-state index is -0.826. The van der Waals surface area contributed by atoms with Gasteiger partial charge >= 0.3 is 11.9 Å². The molecule has 2 aromatic rings. The first-order valence-corrected chi connectivity index (χ1v) is 5.95. The molecular weight excluding hydrogens is 284 g/mol. The van der Waals surface area contributed by atoms with E-state index in [1.54, 1.807) is 30.3 Å². The molecule has 0 unspecified atom stereocenters. The van der Waals surface area contributed by atoms with Crippen molar-refractivity contribution in [3.05, 3.63) is 70.7 Å². The van der Waals surface area contributed by atoms with E-state index in [0.29, 0.717) is 5.02 Å². The molecule has 6 heteroatoms. The molecule has 0 spiro atoms. The lowest BCUT2D eigenvalue weighted by atomic mass is 10.2. The van der Waals surface area contributed by atoms with Gasteiger partial charge in [0.2, 0.25) is 0 Å². The van der Waals surface area contributed by atoms with E-state index in [2.05, 4.69) is 14.8 Å². The summed E-state index contributed by atoms with van der Waals surface area (Å²) in [5.41, 5.74) is 0.444. The number of carbonyl (C=O) groups excluding carboxylic acids is 2. The molecule has 5 nitrogen and oxygen atoms in total. The third kappa shape index (κ3) is 3.81. The van der Waals surface area contributed by atoms with Crippen LogP contribution in [0.1, 0.15) is 20.7 Å². The summed E-state index contributed by atoms with van der Waals surface area (Å²) in [6, 6.07) is 14.2. The van der Waals surface area contributed by atoms with E-state index in [9.17, 15) is 9.59 Å². The molecule has 0 saturated heterocycles. The van der Waals surface area contributed by atoms with Gasteiger partial charge in [-0.05, 0) is 30.3 Å². The minimum Gasteiger partial charge on any atom is -0.254 e. The molecule has 0 saturated carbocycles. The third-order valence-corrected chi connectivity index (χ3v) is 2.52. The highest BCUT2D eigenvalue weighted by Gasteiger charge is 2.12. The first-order chi connectivity index (χ1) is 9.66. The summed E-state index contributed by atoms with van der Waals surface area (Å²) in [4.78, 5) is 31.6. The molecule has 2 aromatic carbocycles. The fraction of sp³-hybridized carbons (Fsp3) is 0. The quantitative estimate of drug-likeness (QED) is 0.639. The summed E-state index contributed by atoms with van der Waals surface area (Å²) in [5, 5.41) is 4.54. The van der Waals surface area contributed by atoms with Crippen molar-refractivity contribution in [3.63, 3.8) is 0 Å². The summed E-state index contributed by atoms with van der Waals surface area (Å²) in [7, 11) is 0. The predicted molar refractivity (Wildman–Crippen MR) is 69.8 cm³/mol. The molecule has 0 aromatic heterocycles. The fourth-order valence-corrected chi connectivity index (χ4v) is 1.56. The Hall–Kier alpha value is -2.37.